The average molecular weight is 190 g/mol. The third kappa shape index (κ3) is 1.57. The summed E-state index contributed by atoms with van der Waals surface area (Å²) in [6, 6.07) is 5.68. The van der Waals surface area contributed by atoms with Crippen molar-refractivity contribution in [2.24, 2.45) is 5.84 Å². The normalized spacial score (nSPS) is 10.4. The molecule has 3 N–H and O–H groups in total. The lowest BCUT2D eigenvalue weighted by molar-refractivity contribution is -0.120. The van der Waals surface area contributed by atoms with Crippen LogP contribution in [-0.2, 0) is 11.2 Å². The van der Waals surface area contributed by atoms with Crippen LogP contribution in [0.2, 0.25) is 0 Å². The molecule has 0 atom stereocenters. The van der Waals surface area contributed by atoms with Gasteiger partial charge in [-0.05, 0) is 12.1 Å². The number of nitrogens with zero attached hydrogens (tertiary/aromatic N) is 2. The van der Waals surface area contributed by atoms with Crippen molar-refractivity contribution >= 4 is 11.6 Å². The molecular weight excluding hydrogens is 180 g/mol. The van der Waals surface area contributed by atoms with Crippen molar-refractivity contribution in [2.45, 2.75) is 6.42 Å². The Balaban J connectivity index is 2.31. The van der Waals surface area contributed by atoms with Crippen LogP contribution in [0.15, 0.2) is 30.6 Å². The van der Waals surface area contributed by atoms with Crippen LogP contribution in [-0.4, -0.2) is 15.3 Å². The molecule has 0 aliphatic carbocycles. The SMILES string of the molecule is NNC(=O)Cc1cn2ccccc2n1. The van der Waals surface area contributed by atoms with Crippen LogP contribution >= 0.6 is 0 Å². The topological polar surface area (TPSA) is 72.4 Å². The van der Waals surface area contributed by atoms with E-state index in [0.29, 0.717) is 5.69 Å². The fourth-order valence-electron chi connectivity index (χ4n) is 1.29. The van der Waals surface area contributed by atoms with E-state index < -0.39 is 0 Å². The summed E-state index contributed by atoms with van der Waals surface area (Å²) in [5, 5.41) is 0. The van der Waals surface area contributed by atoms with Crippen molar-refractivity contribution in [2.75, 3.05) is 0 Å². The van der Waals surface area contributed by atoms with Gasteiger partial charge in [0.1, 0.15) is 5.65 Å². The van der Waals surface area contributed by atoms with E-state index in [2.05, 4.69) is 10.4 Å². The number of pyridine rings is 1. The first kappa shape index (κ1) is 8.71. The Bertz CT molecular complexity index is 430. The van der Waals surface area contributed by atoms with Gasteiger partial charge < -0.3 is 4.40 Å². The molecule has 0 radical (unpaired) electrons. The number of imidazole rings is 1. The fourth-order valence-corrected chi connectivity index (χ4v) is 1.29. The van der Waals surface area contributed by atoms with E-state index in [4.69, 9.17) is 5.84 Å². The molecule has 0 saturated carbocycles. The molecule has 2 aromatic rings. The first-order valence-electron chi connectivity index (χ1n) is 4.21. The molecule has 0 fully saturated rings. The van der Waals surface area contributed by atoms with Crippen molar-refractivity contribution in [1.29, 1.82) is 0 Å². The predicted octanol–water partition coefficient (Wildman–Crippen LogP) is -0.133. The Hall–Kier alpha value is -1.88. The molecule has 0 unspecified atom stereocenters. The maximum atomic E-state index is 11.0. The number of aromatic nitrogens is 2. The van der Waals surface area contributed by atoms with Crippen LogP contribution < -0.4 is 11.3 Å². The van der Waals surface area contributed by atoms with Crippen LogP contribution in [0.3, 0.4) is 0 Å². The van der Waals surface area contributed by atoms with Gasteiger partial charge in [-0.25, -0.2) is 10.8 Å². The molecule has 0 aromatic carbocycles. The molecule has 0 bridgehead atoms. The van der Waals surface area contributed by atoms with Crippen molar-refractivity contribution in [3.8, 4) is 0 Å². The summed E-state index contributed by atoms with van der Waals surface area (Å²) >= 11 is 0. The van der Waals surface area contributed by atoms with E-state index >= 15 is 0 Å². The van der Waals surface area contributed by atoms with Crippen LogP contribution in [0.4, 0.5) is 0 Å². The average Bonchev–Trinajstić information content (AvgIpc) is 2.59. The Morgan fingerprint density at radius 3 is 3.14 bits per heavy atom. The lowest BCUT2D eigenvalue weighted by Crippen LogP contribution is -2.31. The summed E-state index contributed by atoms with van der Waals surface area (Å²) in [6.07, 6.45) is 3.90. The second-order valence-corrected chi connectivity index (χ2v) is 2.94. The van der Waals surface area contributed by atoms with Gasteiger partial charge in [-0.2, -0.15) is 0 Å². The molecule has 0 aliphatic rings. The predicted molar refractivity (Wildman–Crippen MR) is 51.2 cm³/mol. The Morgan fingerprint density at radius 1 is 1.57 bits per heavy atom. The van der Waals surface area contributed by atoms with Gasteiger partial charge in [0.05, 0.1) is 12.1 Å². The van der Waals surface area contributed by atoms with Gasteiger partial charge in [0.25, 0.3) is 0 Å². The monoisotopic (exact) mass is 190 g/mol. The lowest BCUT2D eigenvalue weighted by atomic mass is 10.3. The third-order valence-electron chi connectivity index (χ3n) is 1.92. The molecule has 2 aromatic heterocycles. The fraction of sp³-hybridized carbons (Fsp3) is 0.111. The Labute approximate surface area is 80.5 Å². The Kier molecular flexibility index (Phi) is 2.16. The van der Waals surface area contributed by atoms with E-state index in [-0.39, 0.29) is 12.3 Å². The number of carbonyl (C=O) groups is 1. The number of fused-ring (bicyclic) bond motifs is 1. The van der Waals surface area contributed by atoms with Gasteiger partial charge in [0.2, 0.25) is 5.91 Å². The van der Waals surface area contributed by atoms with Gasteiger partial charge in [-0.3, -0.25) is 10.2 Å². The van der Waals surface area contributed by atoms with Gasteiger partial charge >= 0.3 is 0 Å². The van der Waals surface area contributed by atoms with E-state index in [1.54, 1.807) is 0 Å². The number of nitrogens with two attached hydrogens (primary N) is 1. The van der Waals surface area contributed by atoms with Crippen LogP contribution in [0.25, 0.3) is 5.65 Å². The standard InChI is InChI=1S/C9H10N4O/c10-12-9(14)5-7-6-13-4-2-1-3-8(13)11-7/h1-4,6H,5,10H2,(H,12,14). The van der Waals surface area contributed by atoms with E-state index in [9.17, 15) is 4.79 Å². The van der Waals surface area contributed by atoms with Crippen molar-refractivity contribution in [3.05, 3.63) is 36.3 Å². The summed E-state index contributed by atoms with van der Waals surface area (Å²) in [6.45, 7) is 0. The number of hydrazine groups is 1. The first-order valence-corrected chi connectivity index (χ1v) is 4.21. The number of amides is 1. The van der Waals surface area contributed by atoms with E-state index in [1.807, 2.05) is 35.0 Å². The maximum absolute atomic E-state index is 11.0. The second-order valence-electron chi connectivity index (χ2n) is 2.94. The molecule has 0 aliphatic heterocycles. The molecule has 72 valence electrons. The summed E-state index contributed by atoms with van der Waals surface area (Å²) in [5.41, 5.74) is 3.60. The molecule has 14 heavy (non-hydrogen) atoms. The molecule has 0 saturated heterocycles. The molecular formula is C9H10N4O. The smallest absolute Gasteiger partial charge is 0.239 e. The molecule has 1 amide bonds. The molecule has 2 heterocycles. The van der Waals surface area contributed by atoms with Gasteiger partial charge in [-0.1, -0.05) is 6.07 Å². The minimum atomic E-state index is -0.242. The zero-order valence-corrected chi connectivity index (χ0v) is 7.47. The van der Waals surface area contributed by atoms with Crippen molar-refractivity contribution in [1.82, 2.24) is 14.8 Å². The Morgan fingerprint density at radius 2 is 2.43 bits per heavy atom. The number of hydrogen-bond acceptors (Lipinski definition) is 3. The van der Waals surface area contributed by atoms with E-state index in [0.717, 1.165) is 5.65 Å². The summed E-state index contributed by atoms with van der Waals surface area (Å²) in [4.78, 5) is 15.2. The minimum absolute atomic E-state index is 0.207. The second kappa shape index (κ2) is 3.47. The zero-order chi connectivity index (χ0) is 9.97. The number of carbonyl (C=O) groups excluding carboxylic acids is 1. The van der Waals surface area contributed by atoms with Crippen LogP contribution in [0, 0.1) is 0 Å². The zero-order valence-electron chi connectivity index (χ0n) is 7.47. The van der Waals surface area contributed by atoms with Gasteiger partial charge in [0.15, 0.2) is 0 Å². The number of nitrogens with one attached hydrogen (secondary N) is 1. The highest BCUT2D eigenvalue weighted by Gasteiger charge is 2.05. The molecule has 5 heteroatoms. The summed E-state index contributed by atoms with van der Waals surface area (Å²) in [5.74, 6) is 4.74. The lowest BCUT2D eigenvalue weighted by Gasteiger charge is -1.93. The quantitative estimate of drug-likeness (QED) is 0.393. The molecule has 2 rings (SSSR count). The number of hydrogen-bond donors (Lipinski definition) is 2. The minimum Gasteiger partial charge on any atom is -0.307 e. The van der Waals surface area contributed by atoms with Crippen molar-refractivity contribution in [3.63, 3.8) is 0 Å². The highest BCUT2D eigenvalue weighted by atomic mass is 16.2. The van der Waals surface area contributed by atoms with Crippen molar-refractivity contribution < 1.29 is 4.79 Å². The number of rotatable bonds is 2. The van der Waals surface area contributed by atoms with Gasteiger partial charge in [0, 0.05) is 12.4 Å². The molecule has 0 spiro atoms. The van der Waals surface area contributed by atoms with Gasteiger partial charge in [-0.15, -0.1) is 0 Å². The maximum Gasteiger partial charge on any atom is 0.239 e. The van der Waals surface area contributed by atoms with E-state index in [1.165, 1.54) is 0 Å². The third-order valence-corrected chi connectivity index (χ3v) is 1.92. The molecule has 5 nitrogen and oxygen atoms in total. The van der Waals surface area contributed by atoms with Crippen LogP contribution in [0.1, 0.15) is 5.69 Å². The summed E-state index contributed by atoms with van der Waals surface area (Å²) < 4.78 is 1.86. The highest BCUT2D eigenvalue weighted by molar-refractivity contribution is 5.77. The summed E-state index contributed by atoms with van der Waals surface area (Å²) in [7, 11) is 0. The first-order chi connectivity index (χ1) is 6.79. The highest BCUT2D eigenvalue weighted by Crippen LogP contribution is 2.04. The van der Waals surface area contributed by atoms with Crippen LogP contribution in [0.5, 0.6) is 0 Å². The largest absolute Gasteiger partial charge is 0.307 e.